The van der Waals surface area contributed by atoms with Gasteiger partial charge >= 0.3 is 0 Å². The Morgan fingerprint density at radius 3 is 2.62 bits per heavy atom. The standard InChI is InChI=1S/C18H29N3O3/c1-14(15-4-2-3-5-15)18(23)19-16-12-17(22)21(13-16)7-6-20-8-10-24-11-9-20/h16H,2-13H2,1H3,(H,19,23). The van der Waals surface area contributed by atoms with Crippen LogP contribution in [0.2, 0.25) is 0 Å². The molecule has 3 aliphatic rings. The predicted octanol–water partition coefficient (Wildman–Crippen LogP) is 0.926. The van der Waals surface area contributed by atoms with Gasteiger partial charge in [0, 0.05) is 44.7 Å². The molecule has 2 saturated heterocycles. The van der Waals surface area contributed by atoms with Crippen molar-refractivity contribution in [2.24, 2.45) is 0 Å². The summed E-state index contributed by atoms with van der Waals surface area (Å²) in [6.45, 7) is 7.62. The van der Waals surface area contributed by atoms with Crippen LogP contribution in [0.5, 0.6) is 0 Å². The molecule has 134 valence electrons. The molecule has 0 spiro atoms. The van der Waals surface area contributed by atoms with Crippen LogP contribution in [0.1, 0.15) is 39.0 Å². The first-order valence-corrected chi connectivity index (χ1v) is 9.21. The van der Waals surface area contributed by atoms with E-state index < -0.39 is 0 Å². The van der Waals surface area contributed by atoms with E-state index in [1.165, 1.54) is 18.4 Å². The summed E-state index contributed by atoms with van der Waals surface area (Å²) in [5.74, 6) is 0.166. The number of amides is 2. The highest BCUT2D eigenvalue weighted by atomic mass is 16.5. The van der Waals surface area contributed by atoms with Crippen LogP contribution < -0.4 is 5.32 Å². The summed E-state index contributed by atoms with van der Waals surface area (Å²) in [5, 5.41) is 3.06. The summed E-state index contributed by atoms with van der Waals surface area (Å²) in [6, 6.07) is -0.0494. The summed E-state index contributed by atoms with van der Waals surface area (Å²) >= 11 is 0. The lowest BCUT2D eigenvalue weighted by molar-refractivity contribution is -0.128. The number of allylic oxidation sites excluding steroid dienone is 1. The number of hydrogen-bond donors (Lipinski definition) is 1. The molecule has 1 N–H and O–H groups in total. The summed E-state index contributed by atoms with van der Waals surface area (Å²) in [7, 11) is 0. The van der Waals surface area contributed by atoms with Crippen molar-refractivity contribution in [3.05, 3.63) is 11.1 Å². The van der Waals surface area contributed by atoms with Crippen LogP contribution >= 0.6 is 0 Å². The molecule has 1 aliphatic carbocycles. The van der Waals surface area contributed by atoms with Gasteiger partial charge in [0.25, 0.3) is 0 Å². The normalized spacial score (nSPS) is 25.4. The zero-order valence-electron chi connectivity index (χ0n) is 14.7. The van der Waals surface area contributed by atoms with Gasteiger partial charge in [0.05, 0.1) is 19.3 Å². The SMILES string of the molecule is CC(C(=O)NC1CC(=O)N(CCN2CCOCC2)C1)=C1CCCC1. The number of nitrogens with one attached hydrogen (secondary N) is 1. The van der Waals surface area contributed by atoms with Crippen molar-refractivity contribution >= 4 is 11.8 Å². The Labute approximate surface area is 144 Å². The number of nitrogens with zero attached hydrogens (tertiary/aromatic N) is 2. The van der Waals surface area contributed by atoms with E-state index in [1.807, 2.05) is 11.8 Å². The van der Waals surface area contributed by atoms with Crippen molar-refractivity contribution in [1.29, 1.82) is 0 Å². The Kier molecular flexibility index (Phi) is 5.89. The average Bonchev–Trinajstić information content (AvgIpc) is 3.23. The maximum Gasteiger partial charge on any atom is 0.247 e. The molecule has 0 aromatic heterocycles. The number of carbonyl (C=O) groups excluding carboxylic acids is 2. The highest BCUT2D eigenvalue weighted by Gasteiger charge is 2.31. The van der Waals surface area contributed by atoms with Crippen molar-refractivity contribution < 1.29 is 14.3 Å². The summed E-state index contributed by atoms with van der Waals surface area (Å²) < 4.78 is 5.34. The predicted molar refractivity (Wildman–Crippen MR) is 91.6 cm³/mol. The Bertz CT molecular complexity index is 504. The second kappa shape index (κ2) is 8.12. The molecule has 0 bridgehead atoms. The summed E-state index contributed by atoms with van der Waals surface area (Å²) in [5.41, 5.74) is 2.16. The minimum atomic E-state index is -0.0494. The monoisotopic (exact) mass is 335 g/mol. The molecular formula is C18H29N3O3. The van der Waals surface area contributed by atoms with Gasteiger partial charge in [-0.15, -0.1) is 0 Å². The van der Waals surface area contributed by atoms with E-state index in [9.17, 15) is 9.59 Å². The molecule has 0 radical (unpaired) electrons. The quantitative estimate of drug-likeness (QED) is 0.759. The Hall–Kier alpha value is -1.40. The van der Waals surface area contributed by atoms with E-state index in [4.69, 9.17) is 4.74 Å². The molecule has 1 saturated carbocycles. The zero-order valence-corrected chi connectivity index (χ0v) is 14.7. The van der Waals surface area contributed by atoms with Gasteiger partial charge in [-0.2, -0.15) is 0 Å². The van der Waals surface area contributed by atoms with Gasteiger partial charge in [0.15, 0.2) is 0 Å². The third-order valence-electron chi connectivity index (χ3n) is 5.42. The molecule has 2 heterocycles. The van der Waals surface area contributed by atoms with Crippen molar-refractivity contribution in [3.63, 3.8) is 0 Å². The molecular weight excluding hydrogens is 306 g/mol. The van der Waals surface area contributed by atoms with Crippen molar-refractivity contribution in [2.45, 2.75) is 45.1 Å². The molecule has 1 atom stereocenters. The van der Waals surface area contributed by atoms with Crippen LogP contribution in [-0.4, -0.2) is 73.6 Å². The van der Waals surface area contributed by atoms with Gasteiger partial charge in [0.1, 0.15) is 0 Å². The second-order valence-electron chi connectivity index (χ2n) is 7.10. The maximum absolute atomic E-state index is 12.4. The van der Waals surface area contributed by atoms with Gasteiger partial charge in [0.2, 0.25) is 11.8 Å². The Balaban J connectivity index is 1.45. The molecule has 3 fully saturated rings. The molecule has 2 amide bonds. The van der Waals surface area contributed by atoms with Crippen LogP contribution in [-0.2, 0) is 14.3 Å². The van der Waals surface area contributed by atoms with Gasteiger partial charge in [-0.1, -0.05) is 5.57 Å². The van der Waals surface area contributed by atoms with Gasteiger partial charge in [-0.05, 0) is 32.6 Å². The van der Waals surface area contributed by atoms with Crippen LogP contribution in [0.4, 0.5) is 0 Å². The zero-order chi connectivity index (χ0) is 16.9. The number of hydrogen-bond acceptors (Lipinski definition) is 4. The van der Waals surface area contributed by atoms with Crippen LogP contribution in [0.3, 0.4) is 0 Å². The average molecular weight is 335 g/mol. The van der Waals surface area contributed by atoms with Gasteiger partial charge in [-0.25, -0.2) is 0 Å². The van der Waals surface area contributed by atoms with Gasteiger partial charge < -0.3 is 15.0 Å². The third kappa shape index (κ3) is 4.36. The lowest BCUT2D eigenvalue weighted by Crippen LogP contribution is -2.43. The molecule has 0 aromatic carbocycles. The van der Waals surface area contributed by atoms with Crippen LogP contribution in [0.25, 0.3) is 0 Å². The lowest BCUT2D eigenvalue weighted by Gasteiger charge is -2.28. The van der Waals surface area contributed by atoms with E-state index in [1.54, 1.807) is 0 Å². The summed E-state index contributed by atoms with van der Waals surface area (Å²) in [6.07, 6.45) is 4.91. The number of likely N-dealkylation sites (tertiary alicyclic amines) is 1. The van der Waals surface area contributed by atoms with Crippen LogP contribution in [0.15, 0.2) is 11.1 Å². The number of rotatable bonds is 5. The fraction of sp³-hybridized carbons (Fsp3) is 0.778. The number of ether oxygens (including phenoxy) is 1. The highest BCUT2D eigenvalue weighted by molar-refractivity contribution is 5.94. The third-order valence-corrected chi connectivity index (χ3v) is 5.42. The fourth-order valence-electron chi connectivity index (χ4n) is 3.80. The van der Waals surface area contributed by atoms with E-state index in [0.29, 0.717) is 13.0 Å². The van der Waals surface area contributed by atoms with E-state index in [0.717, 1.165) is 57.8 Å². The molecule has 0 aromatic rings. The topological polar surface area (TPSA) is 61.9 Å². The van der Waals surface area contributed by atoms with Crippen molar-refractivity contribution in [3.8, 4) is 0 Å². The Morgan fingerprint density at radius 1 is 1.21 bits per heavy atom. The smallest absolute Gasteiger partial charge is 0.247 e. The van der Waals surface area contributed by atoms with E-state index >= 15 is 0 Å². The minimum Gasteiger partial charge on any atom is -0.379 e. The van der Waals surface area contributed by atoms with E-state index in [2.05, 4.69) is 10.2 Å². The fourth-order valence-corrected chi connectivity index (χ4v) is 3.80. The second-order valence-corrected chi connectivity index (χ2v) is 7.10. The van der Waals surface area contributed by atoms with Crippen molar-refractivity contribution in [2.75, 3.05) is 45.9 Å². The number of carbonyl (C=O) groups is 2. The van der Waals surface area contributed by atoms with Crippen LogP contribution in [0, 0.1) is 0 Å². The highest BCUT2D eigenvalue weighted by Crippen LogP contribution is 2.27. The molecule has 6 nitrogen and oxygen atoms in total. The molecule has 3 rings (SSSR count). The molecule has 6 heteroatoms. The van der Waals surface area contributed by atoms with Gasteiger partial charge in [-0.3, -0.25) is 14.5 Å². The van der Waals surface area contributed by atoms with Crippen molar-refractivity contribution in [1.82, 2.24) is 15.1 Å². The molecule has 1 unspecified atom stereocenters. The van der Waals surface area contributed by atoms with E-state index in [-0.39, 0.29) is 17.9 Å². The number of morpholine rings is 1. The lowest BCUT2D eigenvalue weighted by atomic mass is 10.1. The summed E-state index contributed by atoms with van der Waals surface area (Å²) in [4.78, 5) is 28.8. The Morgan fingerprint density at radius 2 is 1.92 bits per heavy atom. The molecule has 2 aliphatic heterocycles. The first-order chi connectivity index (χ1) is 11.6. The first-order valence-electron chi connectivity index (χ1n) is 9.21. The first kappa shape index (κ1) is 17.4. The minimum absolute atomic E-state index is 0.0136. The molecule has 24 heavy (non-hydrogen) atoms. The maximum atomic E-state index is 12.4. The largest absolute Gasteiger partial charge is 0.379 e.